The topological polar surface area (TPSA) is 93.6 Å². The molecule has 2 heterocycles. The van der Waals surface area contributed by atoms with Crippen molar-refractivity contribution in [2.45, 2.75) is 6.54 Å². The summed E-state index contributed by atoms with van der Waals surface area (Å²) >= 11 is 0. The van der Waals surface area contributed by atoms with Crippen LogP contribution in [0.1, 0.15) is 15.9 Å². The van der Waals surface area contributed by atoms with Crippen LogP contribution in [0.2, 0.25) is 0 Å². The smallest absolute Gasteiger partial charge is 0.417 e. The Morgan fingerprint density at radius 1 is 1.13 bits per heavy atom. The van der Waals surface area contributed by atoms with E-state index in [-0.39, 0.29) is 12.7 Å². The van der Waals surface area contributed by atoms with Gasteiger partial charge in [-0.05, 0) is 35.9 Å². The molecule has 0 radical (unpaired) electrons. The Kier molecular flexibility index (Phi) is 3.04. The summed E-state index contributed by atoms with van der Waals surface area (Å²) in [5, 5.41) is 2.81. The summed E-state index contributed by atoms with van der Waals surface area (Å²) in [5.74, 6) is 0.475. The lowest BCUT2D eigenvalue weighted by molar-refractivity contribution is 0.0950. The molecule has 0 saturated carbocycles. The van der Waals surface area contributed by atoms with Crippen molar-refractivity contribution < 1.29 is 18.7 Å². The third kappa shape index (κ3) is 2.52. The van der Waals surface area contributed by atoms with Crippen LogP contribution >= 0.6 is 0 Å². The minimum Gasteiger partial charge on any atom is -0.454 e. The summed E-state index contributed by atoms with van der Waals surface area (Å²) in [6.45, 7) is 0.487. The van der Waals surface area contributed by atoms with Gasteiger partial charge >= 0.3 is 5.76 Å². The molecule has 0 saturated heterocycles. The van der Waals surface area contributed by atoms with Gasteiger partial charge < -0.3 is 19.2 Å². The van der Waals surface area contributed by atoms with Gasteiger partial charge in [0.2, 0.25) is 6.79 Å². The van der Waals surface area contributed by atoms with E-state index < -0.39 is 5.76 Å². The molecule has 7 nitrogen and oxygen atoms in total. The van der Waals surface area contributed by atoms with Crippen molar-refractivity contribution in [1.29, 1.82) is 0 Å². The molecule has 4 rings (SSSR count). The molecule has 0 unspecified atom stereocenters. The van der Waals surface area contributed by atoms with E-state index in [4.69, 9.17) is 13.9 Å². The predicted molar refractivity (Wildman–Crippen MR) is 80.6 cm³/mol. The van der Waals surface area contributed by atoms with E-state index in [9.17, 15) is 9.59 Å². The number of amides is 1. The highest BCUT2D eigenvalue weighted by Gasteiger charge is 2.16. The summed E-state index contributed by atoms with van der Waals surface area (Å²) < 4.78 is 15.5. The fourth-order valence-electron chi connectivity index (χ4n) is 2.42. The Morgan fingerprint density at radius 3 is 2.91 bits per heavy atom. The first-order chi connectivity index (χ1) is 11.2. The molecule has 0 bridgehead atoms. The molecular formula is C16H12N2O5. The Bertz CT molecular complexity index is 957. The number of aromatic amines is 1. The molecule has 1 aliphatic rings. The van der Waals surface area contributed by atoms with Gasteiger partial charge in [0.15, 0.2) is 17.1 Å². The highest BCUT2D eigenvalue weighted by Crippen LogP contribution is 2.32. The zero-order valence-electron chi connectivity index (χ0n) is 11.9. The number of rotatable bonds is 3. The van der Waals surface area contributed by atoms with Crippen molar-refractivity contribution in [2.75, 3.05) is 6.79 Å². The lowest BCUT2D eigenvalue weighted by atomic mass is 10.1. The van der Waals surface area contributed by atoms with E-state index in [2.05, 4.69) is 10.3 Å². The Balaban J connectivity index is 1.48. The van der Waals surface area contributed by atoms with Crippen molar-refractivity contribution in [1.82, 2.24) is 10.3 Å². The fraction of sp³-hybridized carbons (Fsp3) is 0.125. The molecule has 0 spiro atoms. The van der Waals surface area contributed by atoms with Gasteiger partial charge in [-0.2, -0.15) is 0 Å². The summed E-state index contributed by atoms with van der Waals surface area (Å²) in [4.78, 5) is 25.9. The molecular weight excluding hydrogens is 300 g/mol. The number of nitrogens with one attached hydrogen (secondary N) is 2. The van der Waals surface area contributed by atoms with Gasteiger partial charge in [0.25, 0.3) is 5.91 Å². The molecule has 1 aliphatic heterocycles. The Labute approximate surface area is 129 Å². The second kappa shape index (κ2) is 5.20. The zero-order valence-corrected chi connectivity index (χ0v) is 11.9. The van der Waals surface area contributed by atoms with Crippen LogP contribution in [0.3, 0.4) is 0 Å². The molecule has 1 aromatic heterocycles. The van der Waals surface area contributed by atoms with E-state index in [1.54, 1.807) is 30.3 Å². The summed E-state index contributed by atoms with van der Waals surface area (Å²) in [6.07, 6.45) is 0. The number of benzene rings is 2. The van der Waals surface area contributed by atoms with Gasteiger partial charge in [-0.25, -0.2) is 4.79 Å². The number of ether oxygens (including phenoxy) is 2. The molecule has 1 amide bonds. The standard InChI is InChI=1S/C16H12N2O5/c19-15(10-2-4-12-14(6-10)22-8-21-12)17-7-9-1-3-11-13(5-9)23-16(20)18-11/h1-6H,7-8H2,(H,17,19)(H,18,20). The van der Waals surface area contributed by atoms with Gasteiger partial charge in [0, 0.05) is 12.1 Å². The van der Waals surface area contributed by atoms with E-state index in [1.165, 1.54) is 0 Å². The van der Waals surface area contributed by atoms with E-state index >= 15 is 0 Å². The molecule has 116 valence electrons. The van der Waals surface area contributed by atoms with Crippen molar-refractivity contribution in [3.05, 3.63) is 58.1 Å². The highest BCUT2D eigenvalue weighted by atomic mass is 16.7. The SMILES string of the molecule is O=C(NCc1ccc2[nH]c(=O)oc2c1)c1ccc2c(c1)OCO2. The number of hydrogen-bond acceptors (Lipinski definition) is 5. The number of fused-ring (bicyclic) bond motifs is 2. The largest absolute Gasteiger partial charge is 0.454 e. The first kappa shape index (κ1) is 13.4. The van der Waals surface area contributed by atoms with Crippen LogP contribution in [-0.4, -0.2) is 17.7 Å². The third-order valence-corrected chi connectivity index (χ3v) is 3.57. The molecule has 0 fully saturated rings. The summed E-state index contributed by atoms with van der Waals surface area (Å²) in [7, 11) is 0. The Morgan fingerprint density at radius 2 is 2.00 bits per heavy atom. The minimum absolute atomic E-state index is 0.169. The minimum atomic E-state index is -0.499. The van der Waals surface area contributed by atoms with Crippen molar-refractivity contribution in [3.63, 3.8) is 0 Å². The Hall–Kier alpha value is -3.22. The molecule has 0 atom stereocenters. The number of carbonyl (C=O) groups is 1. The van der Waals surface area contributed by atoms with Gasteiger partial charge in [-0.15, -0.1) is 0 Å². The predicted octanol–water partition coefficient (Wildman–Crippen LogP) is 1.78. The highest BCUT2D eigenvalue weighted by molar-refractivity contribution is 5.94. The van der Waals surface area contributed by atoms with Crippen LogP contribution in [-0.2, 0) is 6.54 Å². The van der Waals surface area contributed by atoms with Gasteiger partial charge in [-0.3, -0.25) is 9.78 Å². The number of aromatic nitrogens is 1. The maximum Gasteiger partial charge on any atom is 0.417 e. The van der Waals surface area contributed by atoms with Crippen LogP contribution in [0.25, 0.3) is 11.1 Å². The number of hydrogen-bond donors (Lipinski definition) is 2. The molecule has 23 heavy (non-hydrogen) atoms. The van der Waals surface area contributed by atoms with Gasteiger partial charge in [0.05, 0.1) is 5.52 Å². The molecule has 2 aromatic carbocycles. The maximum absolute atomic E-state index is 12.2. The first-order valence-electron chi connectivity index (χ1n) is 6.99. The summed E-state index contributed by atoms with van der Waals surface area (Å²) in [5.41, 5.74) is 2.41. The number of oxazole rings is 1. The van der Waals surface area contributed by atoms with Crippen LogP contribution in [0.4, 0.5) is 0 Å². The van der Waals surface area contributed by atoms with Crippen LogP contribution in [0.5, 0.6) is 11.5 Å². The molecule has 2 N–H and O–H groups in total. The second-order valence-electron chi connectivity index (χ2n) is 5.10. The van der Waals surface area contributed by atoms with Crippen LogP contribution < -0.4 is 20.5 Å². The quantitative estimate of drug-likeness (QED) is 0.769. The van der Waals surface area contributed by atoms with Crippen molar-refractivity contribution >= 4 is 17.0 Å². The average molecular weight is 312 g/mol. The van der Waals surface area contributed by atoms with E-state index in [0.29, 0.717) is 34.7 Å². The van der Waals surface area contributed by atoms with Crippen molar-refractivity contribution in [3.8, 4) is 11.5 Å². The number of H-pyrrole nitrogens is 1. The average Bonchev–Trinajstić information content (AvgIpc) is 3.16. The normalized spacial score (nSPS) is 12.5. The van der Waals surface area contributed by atoms with E-state index in [1.807, 2.05) is 6.07 Å². The third-order valence-electron chi connectivity index (χ3n) is 3.57. The van der Waals surface area contributed by atoms with Gasteiger partial charge in [0.1, 0.15) is 0 Å². The maximum atomic E-state index is 12.2. The molecule has 7 heteroatoms. The lowest BCUT2D eigenvalue weighted by Crippen LogP contribution is -2.22. The fourth-order valence-corrected chi connectivity index (χ4v) is 2.42. The monoisotopic (exact) mass is 312 g/mol. The summed E-state index contributed by atoms with van der Waals surface area (Å²) in [6, 6.07) is 10.3. The molecule has 3 aromatic rings. The lowest BCUT2D eigenvalue weighted by Gasteiger charge is -2.06. The van der Waals surface area contributed by atoms with Gasteiger partial charge in [-0.1, -0.05) is 6.07 Å². The zero-order chi connectivity index (χ0) is 15.8. The second-order valence-corrected chi connectivity index (χ2v) is 5.10. The first-order valence-corrected chi connectivity index (χ1v) is 6.99. The van der Waals surface area contributed by atoms with E-state index in [0.717, 1.165) is 5.56 Å². The van der Waals surface area contributed by atoms with Crippen LogP contribution in [0.15, 0.2) is 45.6 Å². The van der Waals surface area contributed by atoms with Crippen LogP contribution in [0, 0.1) is 0 Å². The number of carbonyl (C=O) groups excluding carboxylic acids is 1. The van der Waals surface area contributed by atoms with Crippen molar-refractivity contribution in [2.24, 2.45) is 0 Å². The molecule has 0 aliphatic carbocycles.